The first-order valence-electron chi connectivity index (χ1n) is 6.28. The molecule has 0 fully saturated rings. The number of anilines is 2. The van der Waals surface area contributed by atoms with E-state index in [2.05, 4.69) is 10.4 Å². The summed E-state index contributed by atoms with van der Waals surface area (Å²) in [4.78, 5) is 23.7. The number of nitrogens with zero attached hydrogens (tertiary/aromatic N) is 2. The SMILES string of the molecule is COc1ccc(=O)n(CC(=O)Nc2c(C)cccc2N)n1. The minimum absolute atomic E-state index is 0.218. The van der Waals surface area contributed by atoms with E-state index in [1.54, 1.807) is 12.1 Å². The van der Waals surface area contributed by atoms with E-state index in [0.29, 0.717) is 11.4 Å². The van der Waals surface area contributed by atoms with Gasteiger partial charge in [0.2, 0.25) is 11.8 Å². The molecule has 21 heavy (non-hydrogen) atoms. The maximum atomic E-state index is 12.0. The number of hydrogen-bond donors (Lipinski definition) is 2. The first kappa shape index (κ1) is 14.6. The molecule has 0 atom stereocenters. The standard InChI is InChI=1S/C14H16N4O3/c1-9-4-3-5-10(15)14(9)16-11(19)8-18-13(20)7-6-12(17-18)21-2/h3-7H,8,15H2,1-2H3,(H,16,19). The van der Waals surface area contributed by atoms with Crippen molar-refractivity contribution in [3.8, 4) is 5.88 Å². The smallest absolute Gasteiger partial charge is 0.267 e. The Labute approximate surface area is 121 Å². The predicted molar refractivity (Wildman–Crippen MR) is 79.3 cm³/mol. The minimum Gasteiger partial charge on any atom is -0.480 e. The Hall–Kier alpha value is -2.83. The number of nitrogen functional groups attached to an aromatic ring is 1. The summed E-state index contributed by atoms with van der Waals surface area (Å²) in [6, 6.07) is 8.06. The lowest BCUT2D eigenvalue weighted by molar-refractivity contribution is -0.117. The Morgan fingerprint density at radius 1 is 1.38 bits per heavy atom. The van der Waals surface area contributed by atoms with Crippen molar-refractivity contribution in [2.75, 3.05) is 18.2 Å². The highest BCUT2D eigenvalue weighted by molar-refractivity contribution is 5.94. The third-order valence-electron chi connectivity index (χ3n) is 2.91. The van der Waals surface area contributed by atoms with Gasteiger partial charge in [0.25, 0.3) is 5.56 Å². The fraction of sp³-hybridized carbons (Fsp3) is 0.214. The molecule has 0 bridgehead atoms. The van der Waals surface area contributed by atoms with Gasteiger partial charge in [0.05, 0.1) is 18.5 Å². The zero-order valence-corrected chi connectivity index (χ0v) is 11.8. The first-order chi connectivity index (χ1) is 10.0. The maximum Gasteiger partial charge on any atom is 0.267 e. The average molecular weight is 288 g/mol. The quantitative estimate of drug-likeness (QED) is 0.810. The van der Waals surface area contributed by atoms with Crippen LogP contribution in [0.25, 0.3) is 0 Å². The van der Waals surface area contributed by atoms with Crippen molar-refractivity contribution in [1.29, 1.82) is 0 Å². The van der Waals surface area contributed by atoms with Gasteiger partial charge in [-0.2, -0.15) is 0 Å². The highest BCUT2D eigenvalue weighted by Gasteiger charge is 2.10. The molecule has 7 heteroatoms. The van der Waals surface area contributed by atoms with Gasteiger partial charge in [0, 0.05) is 12.1 Å². The van der Waals surface area contributed by atoms with Crippen LogP contribution in [-0.2, 0) is 11.3 Å². The number of carbonyl (C=O) groups excluding carboxylic acids is 1. The van der Waals surface area contributed by atoms with Gasteiger partial charge >= 0.3 is 0 Å². The van der Waals surface area contributed by atoms with E-state index in [9.17, 15) is 9.59 Å². The van der Waals surface area contributed by atoms with Crippen LogP contribution < -0.4 is 21.3 Å². The van der Waals surface area contributed by atoms with Crippen LogP contribution in [0, 0.1) is 6.92 Å². The van der Waals surface area contributed by atoms with Crippen LogP contribution in [0.5, 0.6) is 5.88 Å². The van der Waals surface area contributed by atoms with Gasteiger partial charge in [-0.15, -0.1) is 5.10 Å². The van der Waals surface area contributed by atoms with Crippen molar-refractivity contribution >= 4 is 17.3 Å². The number of benzene rings is 1. The van der Waals surface area contributed by atoms with E-state index < -0.39 is 0 Å². The number of methoxy groups -OCH3 is 1. The van der Waals surface area contributed by atoms with Crippen LogP contribution in [0.2, 0.25) is 0 Å². The molecule has 0 aliphatic heterocycles. The number of hydrogen-bond acceptors (Lipinski definition) is 5. The molecule has 0 aliphatic rings. The lowest BCUT2D eigenvalue weighted by Crippen LogP contribution is -2.29. The second-order valence-corrected chi connectivity index (χ2v) is 4.46. The summed E-state index contributed by atoms with van der Waals surface area (Å²) < 4.78 is 5.96. The van der Waals surface area contributed by atoms with Crippen molar-refractivity contribution in [2.45, 2.75) is 13.5 Å². The summed E-state index contributed by atoms with van der Waals surface area (Å²) in [5.41, 5.74) is 7.28. The molecule has 110 valence electrons. The fourth-order valence-electron chi connectivity index (χ4n) is 1.83. The van der Waals surface area contributed by atoms with Gasteiger partial charge in [0.1, 0.15) is 6.54 Å². The minimum atomic E-state index is -0.390. The number of rotatable bonds is 4. The van der Waals surface area contributed by atoms with Crippen LogP contribution >= 0.6 is 0 Å². The Kier molecular flexibility index (Phi) is 4.22. The summed E-state index contributed by atoms with van der Waals surface area (Å²) in [6.45, 7) is 1.62. The zero-order chi connectivity index (χ0) is 15.4. The number of aromatic nitrogens is 2. The number of para-hydroxylation sites is 1. The van der Waals surface area contributed by atoms with Gasteiger partial charge in [-0.25, -0.2) is 4.68 Å². The van der Waals surface area contributed by atoms with Crippen LogP contribution in [-0.4, -0.2) is 22.8 Å². The topological polar surface area (TPSA) is 99.2 Å². The summed E-state index contributed by atoms with van der Waals surface area (Å²) >= 11 is 0. The van der Waals surface area contributed by atoms with Gasteiger partial charge < -0.3 is 15.8 Å². The fourth-order valence-corrected chi connectivity index (χ4v) is 1.83. The van der Waals surface area contributed by atoms with Crippen molar-refractivity contribution in [3.63, 3.8) is 0 Å². The molecule has 3 N–H and O–H groups in total. The lowest BCUT2D eigenvalue weighted by Gasteiger charge is -2.11. The molecule has 0 saturated carbocycles. The van der Waals surface area contributed by atoms with Gasteiger partial charge in [0.15, 0.2) is 0 Å². The number of aryl methyl sites for hydroxylation is 1. The molecule has 1 aromatic heterocycles. The summed E-state index contributed by atoms with van der Waals surface area (Å²) in [7, 11) is 1.44. The molecule has 0 unspecified atom stereocenters. The molecule has 0 radical (unpaired) electrons. The Balaban J connectivity index is 2.17. The molecule has 7 nitrogen and oxygen atoms in total. The van der Waals surface area contributed by atoms with Crippen molar-refractivity contribution in [2.24, 2.45) is 0 Å². The molecule has 1 aromatic carbocycles. The van der Waals surface area contributed by atoms with E-state index >= 15 is 0 Å². The van der Waals surface area contributed by atoms with Crippen LogP contribution in [0.1, 0.15) is 5.56 Å². The zero-order valence-electron chi connectivity index (χ0n) is 11.8. The normalized spacial score (nSPS) is 10.2. The average Bonchev–Trinajstić information content (AvgIpc) is 2.45. The third-order valence-corrected chi connectivity index (χ3v) is 2.91. The molecule has 0 saturated heterocycles. The van der Waals surface area contributed by atoms with E-state index in [-0.39, 0.29) is 23.9 Å². The molecular weight excluding hydrogens is 272 g/mol. The second kappa shape index (κ2) is 6.08. The summed E-state index contributed by atoms with van der Waals surface area (Å²) in [5, 5.41) is 6.59. The molecule has 1 heterocycles. The Bertz CT molecular complexity index is 704. The van der Waals surface area contributed by atoms with E-state index in [0.717, 1.165) is 10.2 Å². The highest BCUT2D eigenvalue weighted by Crippen LogP contribution is 2.22. The molecule has 2 rings (SSSR count). The van der Waals surface area contributed by atoms with Gasteiger partial charge in [-0.1, -0.05) is 12.1 Å². The monoisotopic (exact) mass is 288 g/mol. The molecular formula is C14H16N4O3. The largest absolute Gasteiger partial charge is 0.480 e. The van der Waals surface area contributed by atoms with E-state index in [1.807, 2.05) is 13.0 Å². The second-order valence-electron chi connectivity index (χ2n) is 4.46. The highest BCUT2D eigenvalue weighted by atomic mass is 16.5. The van der Waals surface area contributed by atoms with Crippen LogP contribution in [0.15, 0.2) is 35.1 Å². The number of carbonyl (C=O) groups is 1. The van der Waals surface area contributed by atoms with Crippen molar-refractivity contribution < 1.29 is 9.53 Å². The number of ether oxygens (including phenoxy) is 1. The first-order valence-corrected chi connectivity index (χ1v) is 6.28. The van der Waals surface area contributed by atoms with Crippen molar-refractivity contribution in [1.82, 2.24) is 9.78 Å². The van der Waals surface area contributed by atoms with E-state index in [4.69, 9.17) is 10.5 Å². The molecule has 1 amide bonds. The van der Waals surface area contributed by atoms with Crippen LogP contribution in [0.3, 0.4) is 0 Å². The molecule has 0 spiro atoms. The molecule has 2 aromatic rings. The van der Waals surface area contributed by atoms with Crippen molar-refractivity contribution in [3.05, 3.63) is 46.2 Å². The Morgan fingerprint density at radius 3 is 2.81 bits per heavy atom. The Morgan fingerprint density at radius 2 is 2.14 bits per heavy atom. The third kappa shape index (κ3) is 3.38. The lowest BCUT2D eigenvalue weighted by atomic mass is 10.1. The summed E-state index contributed by atoms with van der Waals surface area (Å²) in [5.74, 6) is -0.128. The van der Waals surface area contributed by atoms with E-state index in [1.165, 1.54) is 19.2 Å². The predicted octanol–water partition coefficient (Wildman–Crippen LogP) is 0.781. The van der Waals surface area contributed by atoms with Gasteiger partial charge in [-0.3, -0.25) is 9.59 Å². The van der Waals surface area contributed by atoms with Gasteiger partial charge in [-0.05, 0) is 18.6 Å². The van der Waals surface area contributed by atoms with Crippen LogP contribution in [0.4, 0.5) is 11.4 Å². The number of nitrogens with one attached hydrogen (secondary N) is 1. The molecule has 0 aliphatic carbocycles. The summed E-state index contributed by atoms with van der Waals surface area (Å²) in [6.07, 6.45) is 0. The maximum absolute atomic E-state index is 12.0. The number of nitrogens with two attached hydrogens (primary N) is 1. The number of amides is 1.